The van der Waals surface area contributed by atoms with Crippen LogP contribution in [-0.2, 0) is 15.0 Å². The lowest BCUT2D eigenvalue weighted by atomic mass is 9.73. The van der Waals surface area contributed by atoms with Crippen molar-refractivity contribution in [2.24, 2.45) is 0 Å². The molecule has 1 saturated carbocycles. The van der Waals surface area contributed by atoms with E-state index >= 15 is 0 Å². The molecule has 1 aromatic rings. The molecule has 0 aliphatic heterocycles. The van der Waals surface area contributed by atoms with Gasteiger partial charge in [0.05, 0.1) is 0 Å². The van der Waals surface area contributed by atoms with E-state index in [1.807, 2.05) is 0 Å². The van der Waals surface area contributed by atoms with Crippen molar-refractivity contribution < 1.29 is 14.7 Å². The Labute approximate surface area is 85.7 Å². The summed E-state index contributed by atoms with van der Waals surface area (Å²) >= 11 is 0. The molecule has 6 heteroatoms. The minimum Gasteiger partial charge on any atom is -0.480 e. The van der Waals surface area contributed by atoms with Gasteiger partial charge >= 0.3 is 5.97 Å². The molecule has 0 unspecified atom stereocenters. The van der Waals surface area contributed by atoms with Gasteiger partial charge in [0, 0.05) is 12.8 Å². The summed E-state index contributed by atoms with van der Waals surface area (Å²) < 4.78 is 0. The molecule has 1 heterocycles. The van der Waals surface area contributed by atoms with Crippen LogP contribution < -0.4 is 0 Å². The zero-order valence-electron chi connectivity index (χ0n) is 8.06. The van der Waals surface area contributed by atoms with Crippen molar-refractivity contribution in [1.29, 1.82) is 0 Å². The minimum atomic E-state index is -1.05. The first-order valence-corrected chi connectivity index (χ1v) is 4.76. The Kier molecular flexibility index (Phi) is 2.26. The molecule has 1 aromatic heterocycles. The van der Waals surface area contributed by atoms with Crippen LogP contribution in [0.25, 0.3) is 0 Å². The van der Waals surface area contributed by atoms with Crippen molar-refractivity contribution in [3.63, 3.8) is 0 Å². The highest BCUT2D eigenvalue weighted by molar-refractivity contribution is 5.86. The first-order valence-electron chi connectivity index (χ1n) is 4.76. The lowest BCUT2D eigenvalue weighted by Gasteiger charge is -2.29. The van der Waals surface area contributed by atoms with E-state index in [0.717, 1.165) is 0 Å². The van der Waals surface area contributed by atoms with E-state index in [4.69, 9.17) is 0 Å². The topological polar surface area (TPSA) is 95.9 Å². The first kappa shape index (κ1) is 9.82. The quantitative estimate of drug-likeness (QED) is 0.728. The van der Waals surface area contributed by atoms with Crippen molar-refractivity contribution in [2.75, 3.05) is 0 Å². The van der Waals surface area contributed by atoms with Gasteiger partial charge in [0.2, 0.25) is 0 Å². The number of carboxylic acids is 1. The van der Waals surface area contributed by atoms with E-state index in [9.17, 15) is 14.7 Å². The van der Waals surface area contributed by atoms with Crippen molar-refractivity contribution >= 4 is 11.8 Å². The van der Waals surface area contributed by atoms with Gasteiger partial charge in [0.15, 0.2) is 0 Å². The van der Waals surface area contributed by atoms with Gasteiger partial charge in [-0.3, -0.25) is 14.7 Å². The lowest BCUT2D eigenvalue weighted by molar-refractivity contribution is -0.146. The molecule has 15 heavy (non-hydrogen) atoms. The molecule has 2 rings (SSSR count). The number of hydrogen-bond acceptors (Lipinski definition) is 4. The molecule has 80 valence electrons. The number of aromatic amines is 1. The normalized spacial score (nSPS) is 20.1. The zero-order valence-corrected chi connectivity index (χ0v) is 8.06. The van der Waals surface area contributed by atoms with Crippen molar-refractivity contribution in [1.82, 2.24) is 15.2 Å². The fraction of sp³-hybridized carbons (Fsp3) is 0.556. The average Bonchev–Trinajstić information content (AvgIpc) is 2.72. The van der Waals surface area contributed by atoms with E-state index < -0.39 is 11.4 Å². The Bertz CT molecular complexity index is 375. The molecule has 0 amide bonds. The van der Waals surface area contributed by atoms with Crippen LogP contribution in [0, 0.1) is 0 Å². The van der Waals surface area contributed by atoms with Crippen LogP contribution in [-0.4, -0.2) is 32.0 Å². The zero-order chi connectivity index (χ0) is 10.9. The second kappa shape index (κ2) is 3.45. The Morgan fingerprint density at radius 3 is 2.60 bits per heavy atom. The summed E-state index contributed by atoms with van der Waals surface area (Å²) in [4.78, 5) is 26.3. The maximum Gasteiger partial charge on any atom is 0.317 e. The molecule has 0 bridgehead atoms. The van der Waals surface area contributed by atoms with E-state index in [1.54, 1.807) is 0 Å². The van der Waals surface area contributed by atoms with Crippen LogP contribution in [0.4, 0.5) is 0 Å². The number of hydrogen-bond donors (Lipinski definition) is 2. The summed E-state index contributed by atoms with van der Waals surface area (Å²) in [5.41, 5.74) is -1.05. The Balaban J connectivity index is 2.34. The third-order valence-corrected chi connectivity index (χ3v) is 2.94. The second-order valence-corrected chi connectivity index (χ2v) is 3.76. The van der Waals surface area contributed by atoms with Crippen LogP contribution in [0.15, 0.2) is 6.33 Å². The lowest BCUT2D eigenvalue weighted by Crippen LogP contribution is -2.40. The Hall–Kier alpha value is -1.72. The number of nitrogens with zero attached hydrogens (tertiary/aromatic N) is 2. The maximum absolute atomic E-state index is 11.3. The number of aromatic nitrogens is 3. The smallest absolute Gasteiger partial charge is 0.317 e. The monoisotopic (exact) mass is 209 g/mol. The molecule has 0 atom stereocenters. The van der Waals surface area contributed by atoms with Gasteiger partial charge in [-0.15, -0.1) is 0 Å². The van der Waals surface area contributed by atoms with Gasteiger partial charge in [-0.2, -0.15) is 5.10 Å². The average molecular weight is 209 g/mol. The summed E-state index contributed by atoms with van der Waals surface area (Å²) in [6, 6.07) is 0. The molecule has 6 nitrogen and oxygen atoms in total. The molecule has 0 spiro atoms. The van der Waals surface area contributed by atoms with Crippen LogP contribution in [0.3, 0.4) is 0 Å². The molecular weight excluding hydrogens is 198 g/mol. The number of H-pyrrole nitrogens is 1. The number of carboxylic acid groups (broad SMARTS) is 1. The highest BCUT2D eigenvalue weighted by Crippen LogP contribution is 2.36. The van der Waals surface area contributed by atoms with Gasteiger partial charge in [-0.1, -0.05) is 0 Å². The highest BCUT2D eigenvalue weighted by atomic mass is 16.4. The third kappa shape index (κ3) is 1.51. The number of aliphatic carboxylic acids is 1. The standard InChI is InChI=1S/C9H11N3O3/c13-6-1-3-9(4-2-6,8(14)15)7-10-5-11-12-7/h5H,1-4H2,(H,14,15)(H,10,11,12). The van der Waals surface area contributed by atoms with Crippen LogP contribution >= 0.6 is 0 Å². The van der Waals surface area contributed by atoms with Crippen molar-refractivity contribution in [3.8, 4) is 0 Å². The SMILES string of the molecule is O=C1CCC(C(=O)O)(c2ncn[nH]2)CC1. The van der Waals surface area contributed by atoms with Crippen LogP contribution in [0.5, 0.6) is 0 Å². The molecule has 2 N–H and O–H groups in total. The number of nitrogens with one attached hydrogen (secondary N) is 1. The predicted octanol–water partition coefficient (Wildman–Crippen LogP) is 0.270. The minimum absolute atomic E-state index is 0.117. The maximum atomic E-state index is 11.3. The molecule has 1 aliphatic rings. The van der Waals surface area contributed by atoms with E-state index in [1.165, 1.54) is 6.33 Å². The predicted molar refractivity (Wildman–Crippen MR) is 49.2 cm³/mol. The Morgan fingerprint density at radius 2 is 2.13 bits per heavy atom. The fourth-order valence-corrected chi connectivity index (χ4v) is 1.94. The summed E-state index contributed by atoms with van der Waals surface area (Å²) in [6.45, 7) is 0. The number of ketones is 1. The summed E-state index contributed by atoms with van der Waals surface area (Å²) in [7, 11) is 0. The molecule has 0 aromatic carbocycles. The summed E-state index contributed by atoms with van der Waals surface area (Å²) in [5.74, 6) is -0.472. The number of carbonyl (C=O) groups is 2. The first-order chi connectivity index (χ1) is 7.15. The third-order valence-electron chi connectivity index (χ3n) is 2.94. The van der Waals surface area contributed by atoms with Gasteiger partial charge in [-0.25, -0.2) is 4.98 Å². The van der Waals surface area contributed by atoms with Gasteiger partial charge in [0.25, 0.3) is 0 Å². The van der Waals surface area contributed by atoms with Crippen LogP contribution in [0.1, 0.15) is 31.5 Å². The van der Waals surface area contributed by atoms with Gasteiger partial charge < -0.3 is 5.11 Å². The highest BCUT2D eigenvalue weighted by Gasteiger charge is 2.45. The van der Waals surface area contributed by atoms with Crippen molar-refractivity contribution in [2.45, 2.75) is 31.1 Å². The molecular formula is C9H11N3O3. The largest absolute Gasteiger partial charge is 0.480 e. The summed E-state index contributed by atoms with van der Waals surface area (Å²) in [6.07, 6.45) is 2.49. The van der Waals surface area contributed by atoms with E-state index in [2.05, 4.69) is 15.2 Å². The van der Waals surface area contributed by atoms with E-state index in [0.29, 0.717) is 31.5 Å². The molecule has 1 aliphatic carbocycles. The molecule has 0 saturated heterocycles. The van der Waals surface area contributed by atoms with Crippen LogP contribution in [0.2, 0.25) is 0 Å². The number of rotatable bonds is 2. The number of Topliss-reactive ketones (excluding diaryl/α,β-unsaturated/α-hetero) is 1. The summed E-state index contributed by atoms with van der Waals surface area (Å²) in [5, 5.41) is 15.5. The fourth-order valence-electron chi connectivity index (χ4n) is 1.94. The van der Waals surface area contributed by atoms with Crippen molar-refractivity contribution in [3.05, 3.63) is 12.2 Å². The van der Waals surface area contributed by atoms with E-state index in [-0.39, 0.29) is 5.78 Å². The van der Waals surface area contributed by atoms with Gasteiger partial charge in [-0.05, 0) is 12.8 Å². The Morgan fingerprint density at radius 1 is 1.47 bits per heavy atom. The molecule has 1 fully saturated rings. The molecule has 0 radical (unpaired) electrons. The van der Waals surface area contributed by atoms with Gasteiger partial charge in [0.1, 0.15) is 23.3 Å². The second-order valence-electron chi connectivity index (χ2n) is 3.76. The number of carbonyl (C=O) groups excluding carboxylic acids is 1.